The first kappa shape index (κ1) is 11.0. The third kappa shape index (κ3) is 5.75. The van der Waals surface area contributed by atoms with E-state index in [0.717, 1.165) is 0 Å². The van der Waals surface area contributed by atoms with Gasteiger partial charge in [0.2, 0.25) is 0 Å². The molecule has 0 saturated carbocycles. The van der Waals surface area contributed by atoms with E-state index in [4.69, 9.17) is 5.26 Å². The standard InChI is InChI=1S/C9H17N3/c1-8(2)12-7-9(6-10)4-5-11-3/h4-5,8-9,11-12H,7H2,1-3H3/b5-4+. The lowest BCUT2D eigenvalue weighted by atomic mass is 10.1. The summed E-state index contributed by atoms with van der Waals surface area (Å²) in [6.07, 6.45) is 3.64. The Morgan fingerprint density at radius 2 is 2.17 bits per heavy atom. The minimum atomic E-state index is -0.0418. The summed E-state index contributed by atoms with van der Waals surface area (Å²) in [6.45, 7) is 4.85. The highest BCUT2D eigenvalue weighted by Gasteiger charge is 2.02. The van der Waals surface area contributed by atoms with Gasteiger partial charge < -0.3 is 10.6 Å². The minimum Gasteiger partial charge on any atom is -0.394 e. The number of nitrogens with one attached hydrogen (secondary N) is 2. The molecule has 0 saturated heterocycles. The average Bonchev–Trinajstić information content (AvgIpc) is 2.05. The molecule has 3 nitrogen and oxygen atoms in total. The Hall–Kier alpha value is -1.01. The van der Waals surface area contributed by atoms with Crippen LogP contribution in [0.15, 0.2) is 12.3 Å². The van der Waals surface area contributed by atoms with Crippen LogP contribution in [0.5, 0.6) is 0 Å². The van der Waals surface area contributed by atoms with Crippen LogP contribution in [-0.2, 0) is 0 Å². The zero-order valence-corrected chi connectivity index (χ0v) is 7.96. The van der Waals surface area contributed by atoms with Gasteiger partial charge in [0.1, 0.15) is 0 Å². The molecule has 0 aliphatic rings. The maximum Gasteiger partial charge on any atom is 0.0784 e. The molecule has 0 aromatic heterocycles. The molecule has 0 radical (unpaired) electrons. The van der Waals surface area contributed by atoms with Gasteiger partial charge in [-0.1, -0.05) is 19.9 Å². The molecule has 0 aromatic rings. The molecule has 68 valence electrons. The Bertz CT molecular complexity index is 167. The van der Waals surface area contributed by atoms with E-state index >= 15 is 0 Å². The van der Waals surface area contributed by atoms with Gasteiger partial charge in [0.15, 0.2) is 0 Å². The molecule has 0 heterocycles. The monoisotopic (exact) mass is 167 g/mol. The van der Waals surface area contributed by atoms with Crippen molar-refractivity contribution in [3.8, 4) is 6.07 Å². The SMILES string of the molecule is CN/C=C/C(C#N)CNC(C)C. The second-order valence-electron chi connectivity index (χ2n) is 2.95. The van der Waals surface area contributed by atoms with Gasteiger partial charge in [-0.25, -0.2) is 0 Å². The maximum absolute atomic E-state index is 8.70. The van der Waals surface area contributed by atoms with Gasteiger partial charge in [-0.05, 0) is 6.20 Å². The Morgan fingerprint density at radius 3 is 2.58 bits per heavy atom. The highest BCUT2D eigenvalue weighted by Crippen LogP contribution is 1.94. The van der Waals surface area contributed by atoms with E-state index in [2.05, 4.69) is 30.6 Å². The Morgan fingerprint density at radius 1 is 1.50 bits per heavy atom. The lowest BCUT2D eigenvalue weighted by Gasteiger charge is -2.09. The van der Waals surface area contributed by atoms with Gasteiger partial charge in [-0.2, -0.15) is 5.26 Å². The molecule has 3 heteroatoms. The molecule has 0 amide bonds. The third-order valence-electron chi connectivity index (χ3n) is 1.41. The first-order chi connectivity index (χ1) is 5.70. The molecule has 12 heavy (non-hydrogen) atoms. The summed E-state index contributed by atoms with van der Waals surface area (Å²) in [7, 11) is 1.82. The molecule has 0 rings (SSSR count). The van der Waals surface area contributed by atoms with Crippen LogP contribution in [0.3, 0.4) is 0 Å². The molecule has 1 atom stereocenters. The molecule has 0 aliphatic heterocycles. The molecular formula is C9H17N3. The zero-order valence-electron chi connectivity index (χ0n) is 7.96. The van der Waals surface area contributed by atoms with E-state index in [1.54, 1.807) is 6.20 Å². The minimum absolute atomic E-state index is 0.0418. The van der Waals surface area contributed by atoms with Crippen molar-refractivity contribution in [2.75, 3.05) is 13.6 Å². The van der Waals surface area contributed by atoms with Crippen LogP contribution in [0.1, 0.15) is 13.8 Å². The van der Waals surface area contributed by atoms with Crippen LogP contribution in [-0.4, -0.2) is 19.6 Å². The molecule has 2 N–H and O–H groups in total. The number of hydrogen-bond acceptors (Lipinski definition) is 3. The molecule has 0 aliphatic carbocycles. The molecule has 0 fully saturated rings. The van der Waals surface area contributed by atoms with Gasteiger partial charge in [-0.15, -0.1) is 0 Å². The van der Waals surface area contributed by atoms with E-state index in [-0.39, 0.29) is 5.92 Å². The Balaban J connectivity index is 3.70. The summed E-state index contributed by atoms with van der Waals surface area (Å²) in [6, 6.07) is 2.64. The van der Waals surface area contributed by atoms with Crippen molar-refractivity contribution in [1.29, 1.82) is 5.26 Å². The fourth-order valence-electron chi connectivity index (χ4n) is 0.732. The summed E-state index contributed by atoms with van der Waals surface area (Å²) >= 11 is 0. The summed E-state index contributed by atoms with van der Waals surface area (Å²) in [5, 5.41) is 14.8. The highest BCUT2D eigenvalue weighted by molar-refractivity contribution is 5.00. The van der Waals surface area contributed by atoms with Crippen molar-refractivity contribution in [3.63, 3.8) is 0 Å². The number of nitriles is 1. The van der Waals surface area contributed by atoms with E-state index in [1.807, 2.05) is 13.1 Å². The number of hydrogen-bond donors (Lipinski definition) is 2. The first-order valence-corrected chi connectivity index (χ1v) is 4.17. The van der Waals surface area contributed by atoms with Crippen molar-refractivity contribution < 1.29 is 0 Å². The van der Waals surface area contributed by atoms with E-state index in [9.17, 15) is 0 Å². The van der Waals surface area contributed by atoms with E-state index in [1.165, 1.54) is 0 Å². The van der Waals surface area contributed by atoms with Gasteiger partial charge in [0.05, 0.1) is 12.0 Å². The van der Waals surface area contributed by atoms with Crippen molar-refractivity contribution in [2.24, 2.45) is 5.92 Å². The first-order valence-electron chi connectivity index (χ1n) is 4.17. The summed E-state index contributed by atoms with van der Waals surface area (Å²) in [5.41, 5.74) is 0. The number of rotatable bonds is 5. The van der Waals surface area contributed by atoms with Gasteiger partial charge >= 0.3 is 0 Å². The van der Waals surface area contributed by atoms with Crippen LogP contribution in [0.2, 0.25) is 0 Å². The van der Waals surface area contributed by atoms with Gasteiger partial charge in [-0.3, -0.25) is 0 Å². The largest absolute Gasteiger partial charge is 0.394 e. The third-order valence-corrected chi connectivity index (χ3v) is 1.41. The maximum atomic E-state index is 8.70. The lowest BCUT2D eigenvalue weighted by molar-refractivity contribution is 0.559. The van der Waals surface area contributed by atoms with Crippen LogP contribution >= 0.6 is 0 Å². The predicted octanol–water partition coefficient (Wildman–Crippen LogP) is 0.857. The molecule has 0 bridgehead atoms. The second-order valence-corrected chi connectivity index (χ2v) is 2.95. The predicted molar refractivity (Wildman–Crippen MR) is 50.4 cm³/mol. The normalized spacial score (nSPS) is 13.2. The fraction of sp³-hybridized carbons (Fsp3) is 0.667. The van der Waals surface area contributed by atoms with Crippen molar-refractivity contribution in [3.05, 3.63) is 12.3 Å². The van der Waals surface area contributed by atoms with Crippen molar-refractivity contribution in [2.45, 2.75) is 19.9 Å². The average molecular weight is 167 g/mol. The van der Waals surface area contributed by atoms with Gasteiger partial charge in [0, 0.05) is 19.6 Å². The summed E-state index contributed by atoms with van der Waals surface area (Å²) < 4.78 is 0. The Labute approximate surface area is 74.5 Å². The summed E-state index contributed by atoms with van der Waals surface area (Å²) in [4.78, 5) is 0. The van der Waals surface area contributed by atoms with E-state index in [0.29, 0.717) is 12.6 Å². The Kier molecular flexibility index (Phi) is 6.12. The molecular weight excluding hydrogens is 150 g/mol. The number of nitrogens with zero attached hydrogens (tertiary/aromatic N) is 1. The molecule has 0 aromatic carbocycles. The van der Waals surface area contributed by atoms with E-state index < -0.39 is 0 Å². The van der Waals surface area contributed by atoms with Crippen LogP contribution in [0.4, 0.5) is 0 Å². The molecule has 1 unspecified atom stereocenters. The summed E-state index contributed by atoms with van der Waals surface area (Å²) in [5.74, 6) is -0.0418. The zero-order chi connectivity index (χ0) is 9.40. The second kappa shape index (κ2) is 6.68. The lowest BCUT2D eigenvalue weighted by Crippen LogP contribution is -2.27. The topological polar surface area (TPSA) is 47.9 Å². The highest BCUT2D eigenvalue weighted by atomic mass is 14.9. The fourth-order valence-corrected chi connectivity index (χ4v) is 0.732. The van der Waals surface area contributed by atoms with Crippen molar-refractivity contribution >= 4 is 0 Å². The smallest absolute Gasteiger partial charge is 0.0784 e. The van der Waals surface area contributed by atoms with Crippen LogP contribution < -0.4 is 10.6 Å². The quantitative estimate of drug-likeness (QED) is 0.638. The van der Waals surface area contributed by atoms with Gasteiger partial charge in [0.25, 0.3) is 0 Å². The van der Waals surface area contributed by atoms with Crippen LogP contribution in [0, 0.1) is 17.2 Å². The van der Waals surface area contributed by atoms with Crippen molar-refractivity contribution in [1.82, 2.24) is 10.6 Å². The molecule has 0 spiro atoms. The van der Waals surface area contributed by atoms with Crippen LogP contribution in [0.25, 0.3) is 0 Å².